The number of para-hydroxylation sites is 1. The van der Waals surface area contributed by atoms with Crippen molar-refractivity contribution in [3.63, 3.8) is 0 Å². The molecule has 0 saturated carbocycles. The van der Waals surface area contributed by atoms with Gasteiger partial charge in [-0.25, -0.2) is 0 Å². The number of benzene rings is 2. The number of pyridine rings is 2. The second kappa shape index (κ2) is 4.46. The van der Waals surface area contributed by atoms with Crippen LogP contribution in [0.5, 0.6) is 0 Å². The first kappa shape index (κ1) is 11.2. The molecule has 1 nitrogen and oxygen atoms in total. The van der Waals surface area contributed by atoms with E-state index < -0.39 is 0 Å². The Morgan fingerprint density at radius 2 is 1.35 bits per heavy atom. The lowest BCUT2D eigenvalue weighted by atomic mass is 10.0. The van der Waals surface area contributed by atoms with E-state index in [2.05, 4.69) is 89.5 Å². The summed E-state index contributed by atoms with van der Waals surface area (Å²) in [5, 5.41) is 1.26. The van der Waals surface area contributed by atoms with Crippen LogP contribution in [-0.4, -0.2) is 0 Å². The first-order valence-corrected chi connectivity index (χ1v) is 6.81. The predicted octanol–water partition coefficient (Wildman–Crippen LogP) is 4.25. The molecule has 2 aromatic heterocycles. The van der Waals surface area contributed by atoms with Crippen LogP contribution in [0.1, 0.15) is 0 Å². The molecule has 2 heterocycles. The minimum atomic E-state index is 1.23. The summed E-state index contributed by atoms with van der Waals surface area (Å²) in [4.78, 5) is 0. The second-order valence-corrected chi connectivity index (χ2v) is 4.94. The molecule has 0 N–H and O–H groups in total. The first-order valence-electron chi connectivity index (χ1n) is 6.81. The molecular formula is C19H14N+. The maximum atomic E-state index is 2.26. The molecule has 0 unspecified atom stereocenters. The number of aromatic nitrogens is 1. The van der Waals surface area contributed by atoms with E-state index in [4.69, 9.17) is 0 Å². The summed E-state index contributed by atoms with van der Waals surface area (Å²) >= 11 is 0. The quantitative estimate of drug-likeness (QED) is 0.354. The van der Waals surface area contributed by atoms with Crippen molar-refractivity contribution >= 4 is 16.4 Å². The highest BCUT2D eigenvalue weighted by molar-refractivity contribution is 5.83. The number of nitrogens with zero attached hydrogens (tertiary/aromatic N) is 1. The van der Waals surface area contributed by atoms with Crippen LogP contribution in [0.25, 0.3) is 27.5 Å². The van der Waals surface area contributed by atoms with Crippen LogP contribution in [0.15, 0.2) is 85.1 Å². The second-order valence-electron chi connectivity index (χ2n) is 4.94. The smallest absolute Gasteiger partial charge is 0.159 e. The van der Waals surface area contributed by atoms with Gasteiger partial charge in [0.25, 0.3) is 0 Å². The lowest BCUT2D eigenvalue weighted by Crippen LogP contribution is -2.22. The third-order valence-electron chi connectivity index (χ3n) is 3.74. The third kappa shape index (κ3) is 1.68. The topological polar surface area (TPSA) is 4.10 Å². The highest BCUT2D eigenvalue weighted by Gasteiger charge is 2.12. The summed E-state index contributed by atoms with van der Waals surface area (Å²) in [5.41, 5.74) is 4.99. The molecular weight excluding hydrogens is 242 g/mol. The normalized spacial score (nSPS) is 11.0. The largest absolute Gasteiger partial charge is 0.219 e. The van der Waals surface area contributed by atoms with E-state index >= 15 is 0 Å². The molecule has 2 aromatic carbocycles. The van der Waals surface area contributed by atoms with Crippen LogP contribution < -0.4 is 4.40 Å². The average Bonchev–Trinajstić information content (AvgIpc) is 2.55. The van der Waals surface area contributed by atoms with Crippen molar-refractivity contribution < 1.29 is 4.40 Å². The maximum absolute atomic E-state index is 2.26. The lowest BCUT2D eigenvalue weighted by Gasteiger charge is -2.03. The summed E-state index contributed by atoms with van der Waals surface area (Å²) in [6.07, 6.45) is 2.13. The van der Waals surface area contributed by atoms with E-state index in [9.17, 15) is 0 Å². The van der Waals surface area contributed by atoms with Gasteiger partial charge in [-0.15, -0.1) is 0 Å². The molecule has 0 bridgehead atoms. The van der Waals surface area contributed by atoms with Gasteiger partial charge in [-0.3, -0.25) is 0 Å². The molecule has 0 aliphatic rings. The molecule has 0 spiro atoms. The Balaban J connectivity index is 2.12. The van der Waals surface area contributed by atoms with E-state index in [1.165, 1.54) is 27.5 Å². The molecule has 0 saturated heterocycles. The van der Waals surface area contributed by atoms with Crippen molar-refractivity contribution in [3.05, 3.63) is 85.1 Å². The summed E-state index contributed by atoms with van der Waals surface area (Å²) in [6.45, 7) is 0. The van der Waals surface area contributed by atoms with Crippen molar-refractivity contribution in [2.24, 2.45) is 0 Å². The molecule has 1 heteroatoms. The number of hydrogen-bond donors (Lipinski definition) is 0. The minimum Gasteiger partial charge on any atom is -0.159 e. The van der Waals surface area contributed by atoms with Crippen LogP contribution in [-0.2, 0) is 0 Å². The van der Waals surface area contributed by atoms with Gasteiger partial charge in [0.2, 0.25) is 11.0 Å². The Morgan fingerprint density at radius 1 is 0.550 bits per heavy atom. The van der Waals surface area contributed by atoms with Crippen LogP contribution in [0.2, 0.25) is 0 Å². The zero-order chi connectivity index (χ0) is 13.4. The van der Waals surface area contributed by atoms with Gasteiger partial charge < -0.3 is 0 Å². The summed E-state index contributed by atoms with van der Waals surface area (Å²) in [5.74, 6) is 0. The summed E-state index contributed by atoms with van der Waals surface area (Å²) in [6, 6.07) is 27.7. The summed E-state index contributed by atoms with van der Waals surface area (Å²) < 4.78 is 2.26. The molecule has 4 rings (SSSR count). The molecule has 0 radical (unpaired) electrons. The van der Waals surface area contributed by atoms with E-state index in [0.717, 1.165) is 0 Å². The highest BCUT2D eigenvalue weighted by atomic mass is 14.9. The van der Waals surface area contributed by atoms with Gasteiger partial charge in [-0.2, -0.15) is 4.40 Å². The van der Waals surface area contributed by atoms with Gasteiger partial charge in [-0.05, 0) is 23.8 Å². The van der Waals surface area contributed by atoms with Crippen LogP contribution in [0.4, 0.5) is 0 Å². The number of hydrogen-bond acceptors (Lipinski definition) is 0. The number of fused-ring (bicyclic) bond motifs is 3. The first-order chi connectivity index (χ1) is 9.93. The number of rotatable bonds is 1. The molecule has 0 atom stereocenters. The van der Waals surface area contributed by atoms with Crippen LogP contribution >= 0.6 is 0 Å². The molecule has 20 heavy (non-hydrogen) atoms. The molecule has 0 fully saturated rings. The van der Waals surface area contributed by atoms with Crippen LogP contribution in [0.3, 0.4) is 0 Å². The van der Waals surface area contributed by atoms with Gasteiger partial charge in [-0.1, -0.05) is 42.5 Å². The molecule has 0 aliphatic carbocycles. The fraction of sp³-hybridized carbons (Fsp3) is 0. The molecule has 94 valence electrons. The Hall–Kier alpha value is -2.67. The molecule has 0 amide bonds. The van der Waals surface area contributed by atoms with E-state index in [1.54, 1.807) is 0 Å². The van der Waals surface area contributed by atoms with E-state index in [0.29, 0.717) is 0 Å². The maximum Gasteiger partial charge on any atom is 0.219 e. The van der Waals surface area contributed by atoms with Crippen molar-refractivity contribution in [1.29, 1.82) is 0 Å². The Labute approximate surface area is 117 Å². The molecule has 4 aromatic rings. The van der Waals surface area contributed by atoms with Gasteiger partial charge in [0.05, 0.1) is 5.56 Å². The fourth-order valence-corrected chi connectivity index (χ4v) is 2.78. The summed E-state index contributed by atoms with van der Waals surface area (Å²) in [7, 11) is 0. The van der Waals surface area contributed by atoms with E-state index in [-0.39, 0.29) is 0 Å². The van der Waals surface area contributed by atoms with Gasteiger partial charge in [0.1, 0.15) is 0 Å². The third-order valence-corrected chi connectivity index (χ3v) is 3.74. The van der Waals surface area contributed by atoms with Gasteiger partial charge in [0, 0.05) is 23.6 Å². The van der Waals surface area contributed by atoms with Crippen molar-refractivity contribution in [2.75, 3.05) is 0 Å². The molecule has 0 aliphatic heterocycles. The van der Waals surface area contributed by atoms with Crippen LogP contribution in [0, 0.1) is 0 Å². The minimum absolute atomic E-state index is 1.23. The Morgan fingerprint density at radius 3 is 2.25 bits per heavy atom. The van der Waals surface area contributed by atoms with Crippen molar-refractivity contribution in [3.8, 4) is 11.1 Å². The standard InChI is InChI=1S/C19H14N/c1-2-7-15(8-3-1)17-10-6-14-20-18-11-5-4-9-16(18)12-13-19(17)20/h1-14H/q+1. The highest BCUT2D eigenvalue weighted by Crippen LogP contribution is 2.23. The lowest BCUT2D eigenvalue weighted by molar-refractivity contribution is -0.481. The SMILES string of the molecule is c1ccc(-c2ccc[n+]3c2ccc2ccccc23)cc1. The zero-order valence-corrected chi connectivity index (χ0v) is 11.0. The monoisotopic (exact) mass is 256 g/mol. The van der Waals surface area contributed by atoms with Crippen molar-refractivity contribution in [2.45, 2.75) is 0 Å². The Bertz CT molecular complexity index is 895. The van der Waals surface area contributed by atoms with Gasteiger partial charge >= 0.3 is 0 Å². The van der Waals surface area contributed by atoms with E-state index in [1.807, 2.05) is 0 Å². The zero-order valence-electron chi connectivity index (χ0n) is 11.0. The predicted molar refractivity (Wildman–Crippen MR) is 82.5 cm³/mol. The average molecular weight is 256 g/mol. The van der Waals surface area contributed by atoms with Gasteiger partial charge in [0.15, 0.2) is 6.20 Å². The Kier molecular flexibility index (Phi) is 2.49. The fourth-order valence-electron chi connectivity index (χ4n) is 2.78. The van der Waals surface area contributed by atoms with Crippen molar-refractivity contribution in [1.82, 2.24) is 0 Å².